The van der Waals surface area contributed by atoms with E-state index in [1.54, 1.807) is 25.1 Å². The van der Waals surface area contributed by atoms with Gasteiger partial charge in [0, 0.05) is 0 Å². The minimum atomic E-state index is -3.76. The molecule has 0 bridgehead atoms. The summed E-state index contributed by atoms with van der Waals surface area (Å²) in [7, 11) is -3.76. The second kappa shape index (κ2) is 5.31. The molecule has 2 aromatic rings. The van der Waals surface area contributed by atoms with Crippen molar-refractivity contribution in [2.45, 2.75) is 11.8 Å². The van der Waals surface area contributed by atoms with Crippen LogP contribution in [0.3, 0.4) is 0 Å². The highest BCUT2D eigenvalue weighted by atomic mass is 32.2. The van der Waals surface area contributed by atoms with E-state index in [1.807, 2.05) is 0 Å². The molecule has 0 aromatic heterocycles. The summed E-state index contributed by atoms with van der Waals surface area (Å²) >= 11 is 0. The van der Waals surface area contributed by atoms with Crippen LogP contribution in [0.25, 0.3) is 0 Å². The van der Waals surface area contributed by atoms with E-state index in [4.69, 9.17) is 5.26 Å². The molecule has 20 heavy (non-hydrogen) atoms. The summed E-state index contributed by atoms with van der Waals surface area (Å²) in [6.45, 7) is 1.78. The highest BCUT2D eigenvalue weighted by Crippen LogP contribution is 2.19. The largest absolute Gasteiger partial charge is 0.280 e. The van der Waals surface area contributed by atoms with E-state index in [-0.39, 0.29) is 16.1 Å². The van der Waals surface area contributed by atoms with Crippen molar-refractivity contribution < 1.29 is 12.8 Å². The first-order chi connectivity index (χ1) is 9.42. The molecule has 0 unspecified atom stereocenters. The molecule has 4 nitrogen and oxygen atoms in total. The van der Waals surface area contributed by atoms with Gasteiger partial charge in [-0.1, -0.05) is 12.1 Å². The molecule has 2 rings (SSSR count). The molecule has 6 heteroatoms. The van der Waals surface area contributed by atoms with Crippen molar-refractivity contribution in [1.82, 2.24) is 0 Å². The van der Waals surface area contributed by atoms with Crippen LogP contribution >= 0.6 is 0 Å². The van der Waals surface area contributed by atoms with Gasteiger partial charge in [0.15, 0.2) is 0 Å². The topological polar surface area (TPSA) is 70.0 Å². The van der Waals surface area contributed by atoms with Crippen molar-refractivity contribution in [3.05, 3.63) is 59.4 Å². The van der Waals surface area contributed by atoms with E-state index < -0.39 is 15.8 Å². The Bertz CT molecular complexity index is 795. The normalized spacial score (nSPS) is 10.8. The number of sulfonamides is 1. The van der Waals surface area contributed by atoms with Gasteiger partial charge in [0.25, 0.3) is 10.0 Å². The maximum absolute atomic E-state index is 13.2. The van der Waals surface area contributed by atoms with E-state index in [9.17, 15) is 12.8 Å². The zero-order valence-corrected chi connectivity index (χ0v) is 11.4. The van der Waals surface area contributed by atoms with Gasteiger partial charge < -0.3 is 0 Å². The van der Waals surface area contributed by atoms with E-state index in [0.29, 0.717) is 0 Å². The highest BCUT2D eigenvalue weighted by Gasteiger charge is 2.15. The van der Waals surface area contributed by atoms with Crippen molar-refractivity contribution in [2.75, 3.05) is 4.72 Å². The quantitative estimate of drug-likeness (QED) is 0.945. The van der Waals surface area contributed by atoms with Gasteiger partial charge in [-0.3, -0.25) is 4.72 Å². The first-order valence-corrected chi connectivity index (χ1v) is 7.20. The average molecular weight is 290 g/mol. The molecular weight excluding hydrogens is 279 g/mol. The summed E-state index contributed by atoms with van der Waals surface area (Å²) in [6.07, 6.45) is 0. The van der Waals surface area contributed by atoms with Gasteiger partial charge in [-0.25, -0.2) is 12.8 Å². The number of rotatable bonds is 3. The van der Waals surface area contributed by atoms with Crippen LogP contribution in [0.2, 0.25) is 0 Å². The lowest BCUT2D eigenvalue weighted by molar-refractivity contribution is 0.601. The fourth-order valence-corrected chi connectivity index (χ4v) is 2.82. The molecule has 0 saturated heterocycles. The SMILES string of the molecule is Cc1cccc(S(=O)(=O)Nc2ccc(F)c(C#N)c2)c1. The monoisotopic (exact) mass is 290 g/mol. The molecular formula is C14H11FN2O2S. The Kier molecular flexibility index (Phi) is 3.72. The maximum atomic E-state index is 13.2. The van der Waals surface area contributed by atoms with Crippen LogP contribution in [0.5, 0.6) is 0 Å². The lowest BCUT2D eigenvalue weighted by Gasteiger charge is -2.09. The van der Waals surface area contributed by atoms with E-state index in [2.05, 4.69) is 4.72 Å². The number of benzene rings is 2. The zero-order chi connectivity index (χ0) is 14.8. The predicted molar refractivity (Wildman–Crippen MR) is 73.1 cm³/mol. The molecule has 2 aromatic carbocycles. The van der Waals surface area contributed by atoms with Gasteiger partial charge in [-0.15, -0.1) is 0 Å². The summed E-state index contributed by atoms with van der Waals surface area (Å²) in [5.74, 6) is -0.689. The first-order valence-electron chi connectivity index (χ1n) is 5.71. The molecule has 0 aliphatic carbocycles. The Balaban J connectivity index is 2.36. The number of aryl methyl sites for hydroxylation is 1. The van der Waals surface area contributed by atoms with Crippen LogP contribution in [-0.4, -0.2) is 8.42 Å². The molecule has 0 spiro atoms. The number of nitrogens with one attached hydrogen (secondary N) is 1. The Hall–Kier alpha value is -2.39. The van der Waals surface area contributed by atoms with E-state index in [0.717, 1.165) is 17.7 Å². The molecule has 0 aliphatic heterocycles. The minimum absolute atomic E-state index is 0.111. The lowest BCUT2D eigenvalue weighted by Crippen LogP contribution is -2.13. The third-order valence-electron chi connectivity index (χ3n) is 2.64. The fraction of sp³-hybridized carbons (Fsp3) is 0.0714. The van der Waals surface area contributed by atoms with Crippen molar-refractivity contribution in [3.8, 4) is 6.07 Å². The Labute approximate surface area is 116 Å². The van der Waals surface area contributed by atoms with Crippen LogP contribution in [-0.2, 0) is 10.0 Å². The smallest absolute Gasteiger partial charge is 0.261 e. The van der Waals surface area contributed by atoms with Gasteiger partial charge >= 0.3 is 0 Å². The Morgan fingerprint density at radius 2 is 1.95 bits per heavy atom. The molecule has 102 valence electrons. The summed E-state index contributed by atoms with van der Waals surface area (Å²) in [6, 6.07) is 11.5. The Morgan fingerprint density at radius 1 is 1.20 bits per heavy atom. The lowest BCUT2D eigenvalue weighted by atomic mass is 10.2. The highest BCUT2D eigenvalue weighted by molar-refractivity contribution is 7.92. The van der Waals surface area contributed by atoms with Crippen molar-refractivity contribution in [3.63, 3.8) is 0 Å². The Morgan fingerprint density at radius 3 is 2.60 bits per heavy atom. The molecule has 0 heterocycles. The fourth-order valence-electron chi connectivity index (χ4n) is 1.67. The molecule has 0 atom stereocenters. The van der Waals surface area contributed by atoms with Crippen LogP contribution in [0.15, 0.2) is 47.4 Å². The van der Waals surface area contributed by atoms with Gasteiger partial charge in [-0.05, 0) is 42.8 Å². The van der Waals surface area contributed by atoms with Crippen molar-refractivity contribution in [2.24, 2.45) is 0 Å². The van der Waals surface area contributed by atoms with Gasteiger partial charge in [-0.2, -0.15) is 5.26 Å². The van der Waals surface area contributed by atoms with Crippen molar-refractivity contribution in [1.29, 1.82) is 5.26 Å². The molecule has 0 fully saturated rings. The summed E-state index contributed by atoms with van der Waals surface area (Å²) in [4.78, 5) is 0.111. The average Bonchev–Trinajstić information content (AvgIpc) is 2.40. The molecule has 0 amide bonds. The van der Waals surface area contributed by atoms with Gasteiger partial charge in [0.2, 0.25) is 0 Å². The standard InChI is InChI=1S/C14H11FN2O2S/c1-10-3-2-4-13(7-10)20(18,19)17-12-5-6-14(15)11(8-12)9-16/h2-8,17H,1H3. The number of hydrogen-bond acceptors (Lipinski definition) is 3. The number of halogens is 1. The zero-order valence-electron chi connectivity index (χ0n) is 10.6. The van der Waals surface area contributed by atoms with Gasteiger partial charge in [0.05, 0.1) is 16.1 Å². The molecule has 1 N–H and O–H groups in total. The van der Waals surface area contributed by atoms with Crippen molar-refractivity contribution >= 4 is 15.7 Å². The summed E-state index contributed by atoms with van der Waals surface area (Å²) in [5.41, 5.74) is 0.739. The summed E-state index contributed by atoms with van der Waals surface area (Å²) in [5, 5.41) is 8.73. The predicted octanol–water partition coefficient (Wildman–Crippen LogP) is 2.81. The van der Waals surface area contributed by atoms with Crippen LogP contribution < -0.4 is 4.72 Å². The molecule has 0 saturated carbocycles. The number of anilines is 1. The number of nitriles is 1. The molecule has 0 aliphatic rings. The third-order valence-corrected chi connectivity index (χ3v) is 4.02. The summed E-state index contributed by atoms with van der Waals surface area (Å²) < 4.78 is 39.8. The second-order valence-electron chi connectivity index (χ2n) is 4.23. The third kappa shape index (κ3) is 2.95. The molecule has 0 radical (unpaired) electrons. The first kappa shape index (κ1) is 14.0. The maximum Gasteiger partial charge on any atom is 0.261 e. The van der Waals surface area contributed by atoms with Gasteiger partial charge in [0.1, 0.15) is 11.9 Å². The number of nitrogens with zero attached hydrogens (tertiary/aromatic N) is 1. The van der Waals surface area contributed by atoms with Crippen LogP contribution in [0.1, 0.15) is 11.1 Å². The van der Waals surface area contributed by atoms with E-state index in [1.165, 1.54) is 18.2 Å². The number of hydrogen-bond donors (Lipinski definition) is 1. The minimum Gasteiger partial charge on any atom is -0.280 e. The van der Waals surface area contributed by atoms with Crippen LogP contribution in [0.4, 0.5) is 10.1 Å². The van der Waals surface area contributed by atoms with E-state index >= 15 is 0 Å². The second-order valence-corrected chi connectivity index (χ2v) is 5.91. The van der Waals surface area contributed by atoms with Crippen LogP contribution in [0, 0.1) is 24.1 Å².